The smallest absolute Gasteiger partial charge is 0.337 e. The minimum absolute atomic E-state index is 0.0115. The summed E-state index contributed by atoms with van der Waals surface area (Å²) < 4.78 is 19.2. The summed E-state index contributed by atoms with van der Waals surface area (Å²) >= 11 is 5.98. The van der Waals surface area contributed by atoms with Crippen LogP contribution in [0.15, 0.2) is 64.6 Å². The standard InChI is InChI=1S/C22H12ClFN2O6/c23-17-8-11(4-6-15(17)21(29)30)18-7-5-14(32-18)10-16-19(27)25-22(31)26(20(16)28)13-3-1-2-12(24)9-13/h1-10H,(H,29,30)(H,25,27,31). The number of furan rings is 1. The highest BCUT2D eigenvalue weighted by molar-refractivity contribution is 6.39. The van der Waals surface area contributed by atoms with Crippen molar-refractivity contribution in [1.82, 2.24) is 5.32 Å². The molecule has 3 aromatic rings. The number of anilines is 1. The van der Waals surface area contributed by atoms with Crippen molar-refractivity contribution in [2.45, 2.75) is 0 Å². The van der Waals surface area contributed by atoms with E-state index in [1.165, 1.54) is 36.4 Å². The van der Waals surface area contributed by atoms with Gasteiger partial charge in [-0.25, -0.2) is 18.9 Å². The number of carboxylic acid groups (broad SMARTS) is 1. The summed E-state index contributed by atoms with van der Waals surface area (Å²) in [5, 5.41) is 11.1. The minimum Gasteiger partial charge on any atom is -0.478 e. The third-order valence-electron chi connectivity index (χ3n) is 4.57. The van der Waals surface area contributed by atoms with Crippen molar-refractivity contribution < 1.29 is 33.1 Å². The molecule has 2 heterocycles. The monoisotopic (exact) mass is 454 g/mol. The first-order chi connectivity index (χ1) is 15.2. The first kappa shape index (κ1) is 21.0. The van der Waals surface area contributed by atoms with Gasteiger partial charge in [-0.3, -0.25) is 14.9 Å². The molecule has 1 aliphatic rings. The molecule has 1 aliphatic heterocycles. The zero-order valence-corrected chi connectivity index (χ0v) is 16.7. The van der Waals surface area contributed by atoms with Crippen LogP contribution in [-0.2, 0) is 9.59 Å². The van der Waals surface area contributed by atoms with Crippen LogP contribution in [0.5, 0.6) is 0 Å². The van der Waals surface area contributed by atoms with Crippen molar-refractivity contribution in [1.29, 1.82) is 0 Å². The lowest BCUT2D eigenvalue weighted by Crippen LogP contribution is -2.54. The molecule has 4 rings (SSSR count). The molecule has 32 heavy (non-hydrogen) atoms. The molecule has 2 aromatic carbocycles. The maximum atomic E-state index is 13.6. The molecule has 0 radical (unpaired) electrons. The fourth-order valence-corrected chi connectivity index (χ4v) is 3.34. The van der Waals surface area contributed by atoms with Crippen molar-refractivity contribution >= 4 is 47.2 Å². The average molecular weight is 455 g/mol. The Bertz CT molecular complexity index is 1330. The number of halogens is 2. The van der Waals surface area contributed by atoms with Crippen LogP contribution in [0.1, 0.15) is 16.1 Å². The molecule has 2 N–H and O–H groups in total. The van der Waals surface area contributed by atoms with E-state index in [2.05, 4.69) is 0 Å². The average Bonchev–Trinajstić information content (AvgIpc) is 3.19. The van der Waals surface area contributed by atoms with Gasteiger partial charge in [0.25, 0.3) is 11.8 Å². The molecule has 1 fully saturated rings. The van der Waals surface area contributed by atoms with E-state index in [-0.39, 0.29) is 22.0 Å². The van der Waals surface area contributed by atoms with Gasteiger partial charge < -0.3 is 9.52 Å². The fourth-order valence-electron chi connectivity index (χ4n) is 3.08. The number of imide groups is 2. The van der Waals surface area contributed by atoms with Crippen molar-refractivity contribution in [3.8, 4) is 11.3 Å². The van der Waals surface area contributed by atoms with Gasteiger partial charge in [0, 0.05) is 5.56 Å². The van der Waals surface area contributed by atoms with Gasteiger partial charge in [0.1, 0.15) is 22.9 Å². The first-order valence-electron chi connectivity index (χ1n) is 9.04. The van der Waals surface area contributed by atoms with E-state index >= 15 is 0 Å². The topological polar surface area (TPSA) is 117 Å². The Labute approximate surface area is 184 Å². The molecule has 4 amide bonds. The number of barbiturate groups is 1. The highest BCUT2D eigenvalue weighted by atomic mass is 35.5. The molecule has 160 valence electrons. The lowest BCUT2D eigenvalue weighted by Gasteiger charge is -2.26. The van der Waals surface area contributed by atoms with Gasteiger partial charge >= 0.3 is 12.0 Å². The molecular weight excluding hydrogens is 443 g/mol. The number of aromatic carboxylic acids is 1. The number of urea groups is 1. The van der Waals surface area contributed by atoms with Crippen LogP contribution in [-0.4, -0.2) is 28.9 Å². The Morgan fingerprint density at radius 3 is 2.56 bits per heavy atom. The van der Waals surface area contributed by atoms with Gasteiger partial charge in [0.2, 0.25) is 0 Å². The summed E-state index contributed by atoms with van der Waals surface area (Å²) in [6.45, 7) is 0. The van der Waals surface area contributed by atoms with Gasteiger partial charge in [-0.05, 0) is 48.5 Å². The Hall–Kier alpha value is -4.24. The molecule has 0 atom stereocenters. The quantitative estimate of drug-likeness (QED) is 0.452. The second-order valence-corrected chi connectivity index (χ2v) is 7.05. The van der Waals surface area contributed by atoms with Crippen molar-refractivity contribution in [2.75, 3.05) is 4.90 Å². The Morgan fingerprint density at radius 2 is 1.88 bits per heavy atom. The number of benzene rings is 2. The van der Waals surface area contributed by atoms with Gasteiger partial charge in [0.15, 0.2) is 0 Å². The van der Waals surface area contributed by atoms with E-state index in [1.807, 2.05) is 5.32 Å². The number of rotatable bonds is 4. The molecule has 0 saturated carbocycles. The predicted molar refractivity (Wildman–Crippen MR) is 112 cm³/mol. The summed E-state index contributed by atoms with van der Waals surface area (Å²) in [5.41, 5.74) is -0.0373. The SMILES string of the molecule is O=C1NC(=O)N(c2cccc(F)c2)C(=O)C1=Cc1ccc(-c2ccc(C(=O)O)c(Cl)c2)o1. The van der Waals surface area contributed by atoms with Crippen molar-refractivity contribution in [3.05, 3.63) is 82.3 Å². The number of nitrogens with one attached hydrogen (secondary N) is 1. The van der Waals surface area contributed by atoms with Crippen LogP contribution < -0.4 is 10.2 Å². The second kappa shape index (κ2) is 8.12. The molecule has 0 unspecified atom stereocenters. The van der Waals surface area contributed by atoms with Crippen molar-refractivity contribution in [3.63, 3.8) is 0 Å². The van der Waals surface area contributed by atoms with Crippen molar-refractivity contribution in [2.24, 2.45) is 0 Å². The summed E-state index contributed by atoms with van der Waals surface area (Å²) in [6.07, 6.45) is 1.15. The number of amides is 4. The molecule has 1 saturated heterocycles. The molecule has 1 aromatic heterocycles. The Balaban J connectivity index is 1.66. The van der Waals surface area contributed by atoms with E-state index < -0.39 is 35.2 Å². The largest absolute Gasteiger partial charge is 0.478 e. The number of hydrogen-bond acceptors (Lipinski definition) is 5. The maximum Gasteiger partial charge on any atom is 0.337 e. The Morgan fingerprint density at radius 1 is 1.09 bits per heavy atom. The van der Waals surface area contributed by atoms with E-state index in [0.29, 0.717) is 16.2 Å². The summed E-state index contributed by atoms with van der Waals surface area (Å²) in [6, 6.07) is 11.0. The van der Waals surface area contributed by atoms with E-state index in [4.69, 9.17) is 21.1 Å². The highest BCUT2D eigenvalue weighted by Gasteiger charge is 2.37. The maximum absolute atomic E-state index is 13.6. The number of carbonyl (C=O) groups excluding carboxylic acids is 3. The molecule has 10 heteroatoms. The summed E-state index contributed by atoms with van der Waals surface area (Å²) in [4.78, 5) is 49.0. The minimum atomic E-state index is -1.18. The summed E-state index contributed by atoms with van der Waals surface area (Å²) in [5.74, 6) is -3.29. The van der Waals surface area contributed by atoms with Crippen LogP contribution in [0.4, 0.5) is 14.9 Å². The predicted octanol–water partition coefficient (Wildman–Crippen LogP) is 4.10. The van der Waals surface area contributed by atoms with Gasteiger partial charge in [0.05, 0.1) is 16.3 Å². The highest BCUT2D eigenvalue weighted by Crippen LogP contribution is 2.29. The van der Waals surface area contributed by atoms with E-state index in [9.17, 15) is 23.6 Å². The Kier molecular flexibility index (Phi) is 5.33. The lowest BCUT2D eigenvalue weighted by atomic mass is 10.1. The van der Waals surface area contributed by atoms with Crippen LogP contribution in [0.25, 0.3) is 17.4 Å². The zero-order chi connectivity index (χ0) is 23.0. The molecular formula is C22H12ClFN2O6. The molecule has 0 bridgehead atoms. The normalized spacial score (nSPS) is 15.2. The van der Waals surface area contributed by atoms with Crippen LogP contribution >= 0.6 is 11.6 Å². The van der Waals surface area contributed by atoms with Crippen LogP contribution in [0.2, 0.25) is 5.02 Å². The lowest BCUT2D eigenvalue weighted by molar-refractivity contribution is -0.122. The van der Waals surface area contributed by atoms with E-state index in [1.54, 1.807) is 6.07 Å². The molecule has 0 aliphatic carbocycles. The number of carbonyl (C=O) groups is 4. The first-order valence-corrected chi connectivity index (χ1v) is 9.42. The molecule has 0 spiro atoms. The van der Waals surface area contributed by atoms with Gasteiger partial charge in [-0.1, -0.05) is 23.7 Å². The van der Waals surface area contributed by atoms with Crippen LogP contribution in [0, 0.1) is 5.82 Å². The number of nitrogens with zero attached hydrogens (tertiary/aromatic N) is 1. The van der Waals surface area contributed by atoms with Gasteiger partial charge in [-0.15, -0.1) is 0 Å². The number of hydrogen-bond donors (Lipinski definition) is 2. The van der Waals surface area contributed by atoms with Gasteiger partial charge in [-0.2, -0.15) is 0 Å². The third-order valence-corrected chi connectivity index (χ3v) is 4.88. The number of carboxylic acids is 1. The summed E-state index contributed by atoms with van der Waals surface area (Å²) in [7, 11) is 0. The third kappa shape index (κ3) is 3.88. The van der Waals surface area contributed by atoms with Crippen LogP contribution in [0.3, 0.4) is 0 Å². The fraction of sp³-hybridized carbons (Fsp3) is 0. The zero-order valence-electron chi connectivity index (χ0n) is 16.0. The molecule has 8 nitrogen and oxygen atoms in total. The second-order valence-electron chi connectivity index (χ2n) is 6.64. The van der Waals surface area contributed by atoms with E-state index in [0.717, 1.165) is 18.2 Å².